The third-order valence-corrected chi connectivity index (χ3v) is 4.76. The van der Waals surface area contributed by atoms with Crippen LogP contribution >= 0.6 is 23.2 Å². The van der Waals surface area contributed by atoms with Crippen LogP contribution in [0.5, 0.6) is 5.75 Å². The molecule has 1 heterocycles. The van der Waals surface area contributed by atoms with Gasteiger partial charge < -0.3 is 14.4 Å². The molecule has 1 fully saturated rings. The number of benzene rings is 2. The highest BCUT2D eigenvalue weighted by Gasteiger charge is 2.25. The zero-order valence-electron chi connectivity index (χ0n) is 13.9. The molecule has 25 heavy (non-hydrogen) atoms. The predicted octanol–water partition coefficient (Wildman–Crippen LogP) is 4.22. The number of halogens is 2. The van der Waals surface area contributed by atoms with Crippen molar-refractivity contribution in [2.45, 2.75) is 13.0 Å². The fraction of sp³-hybridized carbons (Fsp3) is 0.316. The molecule has 0 saturated carbocycles. The molecule has 1 unspecified atom stereocenters. The maximum Gasteiger partial charge on any atom is 0.254 e. The summed E-state index contributed by atoms with van der Waals surface area (Å²) >= 11 is 11.9. The molecule has 0 aromatic heterocycles. The second-order valence-corrected chi connectivity index (χ2v) is 6.82. The van der Waals surface area contributed by atoms with Crippen molar-refractivity contribution in [2.75, 3.05) is 26.3 Å². The molecule has 1 atom stereocenters. The molecular formula is C19H19Cl2NO3. The Kier molecular flexibility index (Phi) is 5.84. The van der Waals surface area contributed by atoms with Gasteiger partial charge in [-0.3, -0.25) is 4.79 Å². The number of nitrogens with zero attached hydrogens (tertiary/aromatic N) is 1. The Morgan fingerprint density at radius 2 is 2.00 bits per heavy atom. The minimum atomic E-state index is -0.166. The van der Waals surface area contributed by atoms with Crippen molar-refractivity contribution in [3.05, 3.63) is 63.6 Å². The minimum Gasteiger partial charge on any atom is -0.491 e. The molecule has 1 amide bonds. The summed E-state index contributed by atoms with van der Waals surface area (Å²) in [4.78, 5) is 14.4. The molecule has 4 nitrogen and oxygen atoms in total. The van der Waals surface area contributed by atoms with Gasteiger partial charge in [-0.05, 0) is 55.0 Å². The van der Waals surface area contributed by atoms with Crippen LogP contribution in [-0.2, 0) is 4.74 Å². The number of ether oxygens (including phenoxy) is 2. The van der Waals surface area contributed by atoms with Crippen molar-refractivity contribution in [3.63, 3.8) is 0 Å². The standard InChI is InChI=1S/C19H19Cl2NO3/c1-13-10-16(6-7-18(13)21)25-12-17-11-22(8-9-24-17)19(23)14-2-4-15(20)5-3-14/h2-7,10,17H,8-9,11-12H2,1H3. The van der Waals surface area contributed by atoms with E-state index >= 15 is 0 Å². The highest BCUT2D eigenvalue weighted by Crippen LogP contribution is 2.22. The van der Waals surface area contributed by atoms with Crippen molar-refractivity contribution >= 4 is 29.1 Å². The van der Waals surface area contributed by atoms with Crippen molar-refractivity contribution in [2.24, 2.45) is 0 Å². The van der Waals surface area contributed by atoms with Crippen molar-refractivity contribution < 1.29 is 14.3 Å². The van der Waals surface area contributed by atoms with E-state index in [0.29, 0.717) is 41.9 Å². The summed E-state index contributed by atoms with van der Waals surface area (Å²) in [5.74, 6) is 0.721. The van der Waals surface area contributed by atoms with E-state index in [1.807, 2.05) is 25.1 Å². The van der Waals surface area contributed by atoms with Gasteiger partial charge in [0.2, 0.25) is 0 Å². The van der Waals surface area contributed by atoms with Gasteiger partial charge in [-0.1, -0.05) is 23.2 Å². The summed E-state index contributed by atoms with van der Waals surface area (Å²) in [6.45, 7) is 3.86. The number of amides is 1. The number of hydrogen-bond donors (Lipinski definition) is 0. The van der Waals surface area contributed by atoms with E-state index in [0.717, 1.165) is 11.3 Å². The Labute approximate surface area is 157 Å². The molecule has 2 aromatic rings. The molecule has 0 spiro atoms. The van der Waals surface area contributed by atoms with Crippen LogP contribution in [0.2, 0.25) is 10.0 Å². The summed E-state index contributed by atoms with van der Waals surface area (Å²) < 4.78 is 11.5. The number of hydrogen-bond acceptors (Lipinski definition) is 3. The summed E-state index contributed by atoms with van der Waals surface area (Å²) in [5.41, 5.74) is 1.59. The van der Waals surface area contributed by atoms with E-state index in [-0.39, 0.29) is 12.0 Å². The first-order valence-corrected chi connectivity index (χ1v) is 8.84. The van der Waals surface area contributed by atoms with Gasteiger partial charge >= 0.3 is 0 Å². The molecule has 1 aliphatic heterocycles. The normalized spacial score (nSPS) is 17.4. The number of rotatable bonds is 4. The van der Waals surface area contributed by atoms with Crippen molar-refractivity contribution in [1.29, 1.82) is 0 Å². The van der Waals surface area contributed by atoms with Gasteiger partial charge in [-0.2, -0.15) is 0 Å². The van der Waals surface area contributed by atoms with Gasteiger partial charge in [-0.15, -0.1) is 0 Å². The Morgan fingerprint density at radius 3 is 2.72 bits per heavy atom. The van der Waals surface area contributed by atoms with E-state index < -0.39 is 0 Å². The Bertz CT molecular complexity index is 749. The third-order valence-electron chi connectivity index (χ3n) is 4.08. The topological polar surface area (TPSA) is 38.8 Å². The lowest BCUT2D eigenvalue weighted by atomic mass is 10.1. The average molecular weight is 380 g/mol. The van der Waals surface area contributed by atoms with Crippen LogP contribution in [0.25, 0.3) is 0 Å². The molecule has 132 valence electrons. The maximum absolute atomic E-state index is 12.6. The molecule has 0 N–H and O–H groups in total. The van der Waals surface area contributed by atoms with E-state index in [1.54, 1.807) is 29.2 Å². The fourth-order valence-corrected chi connectivity index (χ4v) is 2.92. The lowest BCUT2D eigenvalue weighted by Crippen LogP contribution is -2.47. The first-order chi connectivity index (χ1) is 12.0. The highest BCUT2D eigenvalue weighted by atomic mass is 35.5. The van der Waals surface area contributed by atoms with E-state index in [1.165, 1.54) is 0 Å². The lowest BCUT2D eigenvalue weighted by Gasteiger charge is -2.33. The van der Waals surface area contributed by atoms with Gasteiger partial charge in [0, 0.05) is 22.2 Å². The van der Waals surface area contributed by atoms with Gasteiger partial charge in [0.25, 0.3) is 5.91 Å². The minimum absolute atomic E-state index is 0.0210. The van der Waals surface area contributed by atoms with Crippen LogP contribution in [0, 0.1) is 6.92 Å². The predicted molar refractivity (Wildman–Crippen MR) is 98.8 cm³/mol. The zero-order chi connectivity index (χ0) is 17.8. The van der Waals surface area contributed by atoms with Crippen LogP contribution in [0.4, 0.5) is 0 Å². The number of aryl methyl sites for hydroxylation is 1. The SMILES string of the molecule is Cc1cc(OCC2CN(C(=O)c3ccc(Cl)cc3)CCO2)ccc1Cl. The summed E-state index contributed by atoms with van der Waals surface area (Å²) in [6, 6.07) is 12.4. The zero-order valence-corrected chi connectivity index (χ0v) is 15.4. The number of carbonyl (C=O) groups is 1. The van der Waals surface area contributed by atoms with Crippen LogP contribution < -0.4 is 4.74 Å². The average Bonchev–Trinajstić information content (AvgIpc) is 2.63. The Hall–Kier alpha value is -1.75. The number of morpholine rings is 1. The molecular weight excluding hydrogens is 361 g/mol. The summed E-state index contributed by atoms with van der Waals surface area (Å²) in [5, 5.41) is 1.32. The van der Waals surface area contributed by atoms with Gasteiger partial charge in [-0.25, -0.2) is 0 Å². The summed E-state index contributed by atoms with van der Waals surface area (Å²) in [7, 11) is 0. The van der Waals surface area contributed by atoms with Gasteiger partial charge in [0.1, 0.15) is 18.5 Å². The smallest absolute Gasteiger partial charge is 0.254 e. The van der Waals surface area contributed by atoms with Crippen LogP contribution in [0.1, 0.15) is 15.9 Å². The lowest BCUT2D eigenvalue weighted by molar-refractivity contribution is -0.0401. The van der Waals surface area contributed by atoms with E-state index in [2.05, 4.69) is 0 Å². The molecule has 0 aliphatic carbocycles. The molecule has 0 radical (unpaired) electrons. The fourth-order valence-electron chi connectivity index (χ4n) is 2.68. The number of carbonyl (C=O) groups excluding carboxylic acids is 1. The molecule has 0 bridgehead atoms. The largest absolute Gasteiger partial charge is 0.491 e. The van der Waals surface area contributed by atoms with E-state index in [9.17, 15) is 4.79 Å². The molecule has 3 rings (SSSR count). The first kappa shape index (κ1) is 18.1. The molecule has 2 aromatic carbocycles. The van der Waals surface area contributed by atoms with Crippen molar-refractivity contribution in [1.82, 2.24) is 4.90 Å². The second kappa shape index (κ2) is 8.09. The molecule has 1 aliphatic rings. The Balaban J connectivity index is 1.58. The van der Waals surface area contributed by atoms with Crippen LogP contribution in [-0.4, -0.2) is 43.2 Å². The van der Waals surface area contributed by atoms with Crippen LogP contribution in [0.3, 0.4) is 0 Å². The first-order valence-electron chi connectivity index (χ1n) is 8.08. The highest BCUT2D eigenvalue weighted by molar-refractivity contribution is 6.31. The molecule has 6 heteroatoms. The second-order valence-electron chi connectivity index (χ2n) is 5.97. The quantitative estimate of drug-likeness (QED) is 0.797. The van der Waals surface area contributed by atoms with Gasteiger partial charge in [0.15, 0.2) is 0 Å². The van der Waals surface area contributed by atoms with Crippen LogP contribution in [0.15, 0.2) is 42.5 Å². The summed E-state index contributed by atoms with van der Waals surface area (Å²) in [6.07, 6.45) is -0.166. The Morgan fingerprint density at radius 1 is 1.24 bits per heavy atom. The van der Waals surface area contributed by atoms with E-state index in [4.69, 9.17) is 32.7 Å². The van der Waals surface area contributed by atoms with Crippen molar-refractivity contribution in [3.8, 4) is 5.75 Å². The van der Waals surface area contributed by atoms with Gasteiger partial charge in [0.05, 0.1) is 13.2 Å². The molecule has 1 saturated heterocycles. The third kappa shape index (κ3) is 4.66. The monoisotopic (exact) mass is 379 g/mol. The maximum atomic E-state index is 12.6.